The standard InChI is InChI=1S/C16H16FNO/c17-15-5-1-12(2-6-15)11-19-16-7-3-13(4-8-16)14-9-18-10-14/h1-8,14,18H,9-11H2. The molecule has 0 spiro atoms. The number of hydrogen-bond acceptors (Lipinski definition) is 2. The highest BCUT2D eigenvalue weighted by Crippen LogP contribution is 2.22. The van der Waals surface area contributed by atoms with Crippen molar-refractivity contribution in [2.24, 2.45) is 0 Å². The Kier molecular flexibility index (Phi) is 3.47. The normalized spacial score (nSPS) is 15.0. The smallest absolute Gasteiger partial charge is 0.123 e. The summed E-state index contributed by atoms with van der Waals surface area (Å²) in [6, 6.07) is 14.6. The van der Waals surface area contributed by atoms with E-state index in [0.29, 0.717) is 12.5 Å². The maximum Gasteiger partial charge on any atom is 0.123 e. The third-order valence-electron chi connectivity index (χ3n) is 3.45. The summed E-state index contributed by atoms with van der Waals surface area (Å²) in [5.41, 5.74) is 2.32. The first-order valence-corrected chi connectivity index (χ1v) is 6.49. The van der Waals surface area contributed by atoms with E-state index in [1.807, 2.05) is 12.1 Å². The fourth-order valence-corrected chi connectivity index (χ4v) is 2.11. The zero-order valence-corrected chi connectivity index (χ0v) is 10.6. The lowest BCUT2D eigenvalue weighted by atomic mass is 9.94. The van der Waals surface area contributed by atoms with E-state index in [1.165, 1.54) is 17.7 Å². The van der Waals surface area contributed by atoms with Gasteiger partial charge < -0.3 is 10.1 Å². The fourth-order valence-electron chi connectivity index (χ4n) is 2.11. The maximum atomic E-state index is 12.8. The number of halogens is 1. The fraction of sp³-hybridized carbons (Fsp3) is 0.250. The third-order valence-corrected chi connectivity index (χ3v) is 3.45. The van der Waals surface area contributed by atoms with E-state index >= 15 is 0 Å². The summed E-state index contributed by atoms with van der Waals surface area (Å²) in [6.07, 6.45) is 0. The van der Waals surface area contributed by atoms with Gasteiger partial charge in [-0.3, -0.25) is 0 Å². The molecule has 0 amide bonds. The molecule has 1 saturated heterocycles. The monoisotopic (exact) mass is 257 g/mol. The predicted molar refractivity (Wildman–Crippen MR) is 72.8 cm³/mol. The van der Waals surface area contributed by atoms with Crippen LogP contribution in [0.15, 0.2) is 48.5 Å². The Morgan fingerprint density at radius 3 is 2.26 bits per heavy atom. The van der Waals surface area contributed by atoms with Gasteiger partial charge in [0.1, 0.15) is 18.2 Å². The van der Waals surface area contributed by atoms with Gasteiger partial charge in [0.2, 0.25) is 0 Å². The Morgan fingerprint density at radius 1 is 1.00 bits per heavy atom. The summed E-state index contributed by atoms with van der Waals surface area (Å²) >= 11 is 0. The van der Waals surface area contributed by atoms with Gasteiger partial charge in [-0.25, -0.2) is 4.39 Å². The van der Waals surface area contributed by atoms with Gasteiger partial charge in [-0.15, -0.1) is 0 Å². The van der Waals surface area contributed by atoms with E-state index in [-0.39, 0.29) is 5.82 Å². The van der Waals surface area contributed by atoms with Crippen molar-refractivity contribution in [1.82, 2.24) is 5.32 Å². The van der Waals surface area contributed by atoms with Crippen LogP contribution in [0, 0.1) is 5.82 Å². The summed E-state index contributed by atoms with van der Waals surface area (Å²) in [4.78, 5) is 0. The average Bonchev–Trinajstić information content (AvgIpc) is 2.38. The van der Waals surface area contributed by atoms with Crippen LogP contribution in [-0.4, -0.2) is 13.1 Å². The Bertz CT molecular complexity index is 532. The van der Waals surface area contributed by atoms with Crippen LogP contribution < -0.4 is 10.1 Å². The van der Waals surface area contributed by atoms with Gasteiger partial charge in [-0.2, -0.15) is 0 Å². The highest BCUT2D eigenvalue weighted by atomic mass is 19.1. The molecule has 19 heavy (non-hydrogen) atoms. The largest absolute Gasteiger partial charge is 0.489 e. The van der Waals surface area contributed by atoms with Crippen molar-refractivity contribution in [3.8, 4) is 5.75 Å². The van der Waals surface area contributed by atoms with E-state index in [1.54, 1.807) is 12.1 Å². The summed E-state index contributed by atoms with van der Waals surface area (Å²) in [7, 11) is 0. The van der Waals surface area contributed by atoms with E-state index in [9.17, 15) is 4.39 Å². The van der Waals surface area contributed by atoms with Gasteiger partial charge in [-0.05, 0) is 35.4 Å². The van der Waals surface area contributed by atoms with E-state index in [4.69, 9.17) is 4.74 Å². The van der Waals surface area contributed by atoms with Crippen molar-refractivity contribution in [3.63, 3.8) is 0 Å². The number of hydrogen-bond donors (Lipinski definition) is 1. The minimum absolute atomic E-state index is 0.220. The zero-order valence-electron chi connectivity index (χ0n) is 10.6. The summed E-state index contributed by atoms with van der Waals surface area (Å²) in [5.74, 6) is 1.27. The van der Waals surface area contributed by atoms with Crippen LogP contribution in [0.1, 0.15) is 17.0 Å². The molecular weight excluding hydrogens is 241 g/mol. The van der Waals surface area contributed by atoms with Crippen LogP contribution in [0.3, 0.4) is 0 Å². The molecule has 1 heterocycles. The van der Waals surface area contributed by atoms with Gasteiger partial charge in [0.25, 0.3) is 0 Å². The number of rotatable bonds is 4. The Morgan fingerprint density at radius 2 is 1.68 bits per heavy atom. The Labute approximate surface area is 112 Å². The number of nitrogens with one attached hydrogen (secondary N) is 1. The lowest BCUT2D eigenvalue weighted by Crippen LogP contribution is -2.39. The second-order valence-electron chi connectivity index (χ2n) is 4.84. The van der Waals surface area contributed by atoms with Crippen molar-refractivity contribution in [2.45, 2.75) is 12.5 Å². The molecule has 3 heteroatoms. The first kappa shape index (κ1) is 12.2. The summed E-state index contributed by atoms with van der Waals surface area (Å²) in [6.45, 7) is 2.59. The van der Waals surface area contributed by atoms with Crippen LogP contribution in [0.4, 0.5) is 4.39 Å². The summed E-state index contributed by atoms with van der Waals surface area (Å²) < 4.78 is 18.4. The van der Waals surface area contributed by atoms with Crippen LogP contribution >= 0.6 is 0 Å². The first-order chi connectivity index (χ1) is 9.31. The molecule has 3 rings (SSSR count). The molecule has 2 aromatic rings. The molecular formula is C16H16FNO. The molecule has 0 aromatic heterocycles. The minimum Gasteiger partial charge on any atom is -0.489 e. The van der Waals surface area contributed by atoms with Gasteiger partial charge >= 0.3 is 0 Å². The molecule has 2 nitrogen and oxygen atoms in total. The van der Waals surface area contributed by atoms with Crippen molar-refractivity contribution < 1.29 is 9.13 Å². The molecule has 0 bridgehead atoms. The van der Waals surface area contributed by atoms with Crippen molar-refractivity contribution in [1.29, 1.82) is 0 Å². The van der Waals surface area contributed by atoms with Crippen molar-refractivity contribution in [3.05, 3.63) is 65.5 Å². The molecule has 0 aliphatic carbocycles. The quantitative estimate of drug-likeness (QED) is 0.908. The second-order valence-corrected chi connectivity index (χ2v) is 4.84. The van der Waals surface area contributed by atoms with Gasteiger partial charge in [0, 0.05) is 19.0 Å². The zero-order chi connectivity index (χ0) is 13.1. The molecule has 0 unspecified atom stereocenters. The van der Waals surface area contributed by atoms with E-state index in [0.717, 1.165) is 24.4 Å². The van der Waals surface area contributed by atoms with E-state index < -0.39 is 0 Å². The third kappa shape index (κ3) is 2.93. The van der Waals surface area contributed by atoms with Gasteiger partial charge in [-0.1, -0.05) is 24.3 Å². The van der Waals surface area contributed by atoms with Crippen LogP contribution in [0.2, 0.25) is 0 Å². The maximum absolute atomic E-state index is 12.8. The van der Waals surface area contributed by atoms with Crippen LogP contribution in [0.25, 0.3) is 0 Å². The molecule has 1 fully saturated rings. The van der Waals surface area contributed by atoms with Crippen LogP contribution in [-0.2, 0) is 6.61 Å². The average molecular weight is 257 g/mol. The van der Waals surface area contributed by atoms with Crippen molar-refractivity contribution in [2.75, 3.05) is 13.1 Å². The number of benzene rings is 2. The SMILES string of the molecule is Fc1ccc(COc2ccc(C3CNC3)cc2)cc1. The molecule has 1 aliphatic heterocycles. The molecule has 1 N–H and O–H groups in total. The highest BCUT2D eigenvalue weighted by molar-refractivity contribution is 5.31. The lowest BCUT2D eigenvalue weighted by molar-refractivity contribution is 0.306. The molecule has 98 valence electrons. The van der Waals surface area contributed by atoms with Gasteiger partial charge in [0.15, 0.2) is 0 Å². The second kappa shape index (κ2) is 5.41. The highest BCUT2D eigenvalue weighted by Gasteiger charge is 2.18. The Balaban J connectivity index is 1.58. The molecule has 1 aliphatic rings. The predicted octanol–water partition coefficient (Wildman–Crippen LogP) is 3.09. The minimum atomic E-state index is -0.220. The van der Waals surface area contributed by atoms with Gasteiger partial charge in [0.05, 0.1) is 0 Å². The Hall–Kier alpha value is -1.87. The number of ether oxygens (including phenoxy) is 1. The topological polar surface area (TPSA) is 21.3 Å². The van der Waals surface area contributed by atoms with E-state index in [2.05, 4.69) is 17.4 Å². The summed E-state index contributed by atoms with van der Waals surface area (Å²) in [5, 5.41) is 3.26. The molecule has 0 saturated carbocycles. The molecule has 0 radical (unpaired) electrons. The first-order valence-electron chi connectivity index (χ1n) is 6.49. The molecule has 0 atom stereocenters. The lowest BCUT2D eigenvalue weighted by Gasteiger charge is -2.27. The molecule has 2 aromatic carbocycles. The van der Waals surface area contributed by atoms with Crippen molar-refractivity contribution >= 4 is 0 Å². The van der Waals surface area contributed by atoms with Crippen LogP contribution in [0.5, 0.6) is 5.75 Å².